The number of fused-ring (bicyclic) bond motifs is 1. The summed E-state index contributed by atoms with van der Waals surface area (Å²) < 4.78 is 5.58. The van der Waals surface area contributed by atoms with E-state index >= 15 is 0 Å². The van der Waals surface area contributed by atoms with Gasteiger partial charge in [0.1, 0.15) is 11.9 Å². The predicted octanol–water partition coefficient (Wildman–Crippen LogP) is 2.55. The first-order valence-electron chi connectivity index (χ1n) is 4.33. The van der Waals surface area contributed by atoms with Gasteiger partial charge in [0.15, 0.2) is 0 Å². The van der Waals surface area contributed by atoms with Gasteiger partial charge in [-0.1, -0.05) is 11.6 Å². The van der Waals surface area contributed by atoms with Crippen molar-refractivity contribution >= 4 is 17.3 Å². The lowest BCUT2D eigenvalue weighted by atomic mass is 10.0. The van der Waals surface area contributed by atoms with Gasteiger partial charge in [-0.25, -0.2) is 0 Å². The molecule has 0 amide bonds. The number of benzene rings is 1. The average molecular weight is 198 g/mol. The number of anilines is 1. The molecule has 1 aliphatic rings. The van der Waals surface area contributed by atoms with Crippen LogP contribution in [0, 0.1) is 6.92 Å². The smallest absolute Gasteiger partial charge is 0.124 e. The van der Waals surface area contributed by atoms with Crippen molar-refractivity contribution in [1.82, 2.24) is 0 Å². The molecule has 0 radical (unpaired) electrons. The van der Waals surface area contributed by atoms with Gasteiger partial charge in [-0.2, -0.15) is 0 Å². The molecule has 0 aromatic heterocycles. The molecule has 1 aliphatic heterocycles. The van der Waals surface area contributed by atoms with Crippen molar-refractivity contribution in [2.24, 2.45) is 0 Å². The van der Waals surface area contributed by atoms with Crippen molar-refractivity contribution in [2.45, 2.75) is 26.4 Å². The van der Waals surface area contributed by atoms with Gasteiger partial charge in [0.05, 0.1) is 10.7 Å². The van der Waals surface area contributed by atoms with Crippen LogP contribution in [0.3, 0.4) is 0 Å². The van der Waals surface area contributed by atoms with Crippen LogP contribution >= 0.6 is 11.6 Å². The van der Waals surface area contributed by atoms with Gasteiger partial charge in [0, 0.05) is 18.1 Å². The molecule has 0 saturated heterocycles. The van der Waals surface area contributed by atoms with Gasteiger partial charge < -0.3 is 10.5 Å². The number of rotatable bonds is 0. The topological polar surface area (TPSA) is 35.2 Å². The second-order valence-electron chi connectivity index (χ2n) is 3.51. The minimum absolute atomic E-state index is 0.242. The molecule has 1 atom stereocenters. The van der Waals surface area contributed by atoms with Crippen LogP contribution in [0.1, 0.15) is 18.1 Å². The van der Waals surface area contributed by atoms with Crippen molar-refractivity contribution < 1.29 is 4.74 Å². The Hall–Kier alpha value is -0.890. The largest absolute Gasteiger partial charge is 0.490 e. The summed E-state index contributed by atoms with van der Waals surface area (Å²) in [5.74, 6) is 0.893. The molecule has 2 nitrogen and oxygen atoms in total. The highest BCUT2D eigenvalue weighted by molar-refractivity contribution is 6.33. The zero-order chi connectivity index (χ0) is 9.59. The van der Waals surface area contributed by atoms with Crippen LogP contribution in [0.15, 0.2) is 6.07 Å². The number of hydrogen-bond donors (Lipinski definition) is 1. The standard InChI is InChI=1S/C10H12ClNO/c1-5-3-7-6(2)10(12)8(11)4-9(7)13-5/h4-5H,3,12H2,1-2H3. The Morgan fingerprint density at radius 2 is 2.31 bits per heavy atom. The summed E-state index contributed by atoms with van der Waals surface area (Å²) >= 11 is 5.94. The Kier molecular flexibility index (Phi) is 1.88. The van der Waals surface area contributed by atoms with Crippen molar-refractivity contribution in [3.8, 4) is 5.75 Å². The lowest BCUT2D eigenvalue weighted by Gasteiger charge is -2.07. The third-order valence-corrected chi connectivity index (χ3v) is 2.80. The molecular formula is C10H12ClNO. The second kappa shape index (κ2) is 2.81. The van der Waals surface area contributed by atoms with E-state index in [0.717, 1.165) is 17.7 Å². The summed E-state index contributed by atoms with van der Waals surface area (Å²) in [4.78, 5) is 0. The van der Waals surface area contributed by atoms with E-state index in [4.69, 9.17) is 22.1 Å². The van der Waals surface area contributed by atoms with E-state index in [1.807, 2.05) is 19.9 Å². The number of ether oxygens (including phenoxy) is 1. The fourth-order valence-electron chi connectivity index (χ4n) is 1.71. The summed E-state index contributed by atoms with van der Waals surface area (Å²) in [6.07, 6.45) is 1.18. The quantitative estimate of drug-likeness (QED) is 0.649. The summed E-state index contributed by atoms with van der Waals surface area (Å²) in [5, 5.41) is 0.588. The number of nitrogen functional groups attached to an aromatic ring is 1. The van der Waals surface area contributed by atoms with E-state index in [2.05, 4.69) is 0 Å². The average Bonchev–Trinajstić information content (AvgIpc) is 2.42. The Bertz CT molecular complexity index is 362. The van der Waals surface area contributed by atoms with E-state index in [9.17, 15) is 0 Å². The molecule has 1 heterocycles. The van der Waals surface area contributed by atoms with E-state index in [1.54, 1.807) is 0 Å². The highest BCUT2D eigenvalue weighted by atomic mass is 35.5. The molecule has 1 unspecified atom stereocenters. The highest BCUT2D eigenvalue weighted by Gasteiger charge is 2.23. The van der Waals surface area contributed by atoms with Crippen molar-refractivity contribution in [1.29, 1.82) is 0 Å². The van der Waals surface area contributed by atoms with Gasteiger partial charge >= 0.3 is 0 Å². The van der Waals surface area contributed by atoms with E-state index in [-0.39, 0.29) is 6.10 Å². The van der Waals surface area contributed by atoms with E-state index in [0.29, 0.717) is 10.7 Å². The maximum atomic E-state index is 5.94. The molecule has 0 fully saturated rings. The van der Waals surface area contributed by atoms with Crippen LogP contribution < -0.4 is 10.5 Å². The van der Waals surface area contributed by atoms with Gasteiger partial charge in [-0.05, 0) is 19.4 Å². The van der Waals surface area contributed by atoms with Gasteiger partial charge in [0.2, 0.25) is 0 Å². The monoisotopic (exact) mass is 197 g/mol. The van der Waals surface area contributed by atoms with Crippen LogP contribution in [0.2, 0.25) is 5.02 Å². The molecule has 2 N–H and O–H groups in total. The molecule has 1 aromatic rings. The molecule has 13 heavy (non-hydrogen) atoms. The van der Waals surface area contributed by atoms with Crippen molar-refractivity contribution in [2.75, 3.05) is 5.73 Å². The minimum Gasteiger partial charge on any atom is -0.490 e. The Balaban J connectivity index is 2.60. The fraction of sp³-hybridized carbons (Fsp3) is 0.400. The Morgan fingerprint density at radius 3 is 3.00 bits per heavy atom. The lowest BCUT2D eigenvalue weighted by Crippen LogP contribution is -2.05. The Labute approximate surface area is 82.6 Å². The van der Waals surface area contributed by atoms with Crippen molar-refractivity contribution in [3.63, 3.8) is 0 Å². The first-order chi connectivity index (χ1) is 6.09. The Morgan fingerprint density at radius 1 is 1.62 bits per heavy atom. The number of hydrogen-bond acceptors (Lipinski definition) is 2. The molecule has 0 saturated carbocycles. The molecule has 3 heteroatoms. The normalized spacial score (nSPS) is 19.8. The highest BCUT2D eigenvalue weighted by Crippen LogP contribution is 2.38. The fourth-order valence-corrected chi connectivity index (χ4v) is 1.95. The third-order valence-electron chi connectivity index (χ3n) is 2.49. The van der Waals surface area contributed by atoms with E-state index < -0.39 is 0 Å². The molecular weight excluding hydrogens is 186 g/mol. The molecule has 0 bridgehead atoms. The lowest BCUT2D eigenvalue weighted by molar-refractivity contribution is 0.254. The second-order valence-corrected chi connectivity index (χ2v) is 3.91. The van der Waals surface area contributed by atoms with Gasteiger partial charge in [-0.3, -0.25) is 0 Å². The zero-order valence-corrected chi connectivity index (χ0v) is 8.48. The van der Waals surface area contributed by atoms with Crippen molar-refractivity contribution in [3.05, 3.63) is 22.2 Å². The summed E-state index contributed by atoms with van der Waals surface area (Å²) in [7, 11) is 0. The summed E-state index contributed by atoms with van der Waals surface area (Å²) in [6, 6.07) is 1.81. The number of halogens is 1. The van der Waals surface area contributed by atoms with Gasteiger partial charge in [0.25, 0.3) is 0 Å². The minimum atomic E-state index is 0.242. The molecule has 1 aromatic carbocycles. The predicted molar refractivity (Wildman–Crippen MR) is 54.4 cm³/mol. The molecule has 0 spiro atoms. The first-order valence-corrected chi connectivity index (χ1v) is 4.71. The molecule has 0 aliphatic carbocycles. The van der Waals surface area contributed by atoms with E-state index in [1.165, 1.54) is 5.56 Å². The van der Waals surface area contributed by atoms with Crippen LogP contribution in [0.5, 0.6) is 5.75 Å². The number of nitrogens with two attached hydrogens (primary N) is 1. The maximum absolute atomic E-state index is 5.94. The first kappa shape index (κ1) is 8.70. The SMILES string of the molecule is Cc1c(N)c(Cl)cc2c1CC(C)O2. The third kappa shape index (κ3) is 1.25. The van der Waals surface area contributed by atoms with Crippen LogP contribution in [-0.2, 0) is 6.42 Å². The summed E-state index contributed by atoms with van der Waals surface area (Å²) in [6.45, 7) is 4.03. The van der Waals surface area contributed by atoms with Gasteiger partial charge in [-0.15, -0.1) is 0 Å². The van der Waals surface area contributed by atoms with Crippen LogP contribution in [0.4, 0.5) is 5.69 Å². The molecule has 2 rings (SSSR count). The molecule has 70 valence electrons. The zero-order valence-electron chi connectivity index (χ0n) is 7.73. The maximum Gasteiger partial charge on any atom is 0.124 e. The van der Waals surface area contributed by atoms with Crippen LogP contribution in [-0.4, -0.2) is 6.10 Å². The van der Waals surface area contributed by atoms with Crippen LogP contribution in [0.25, 0.3) is 0 Å². The summed E-state index contributed by atoms with van der Waals surface area (Å²) in [5.41, 5.74) is 8.76.